The summed E-state index contributed by atoms with van der Waals surface area (Å²) >= 11 is 0. The first-order valence-corrected chi connectivity index (χ1v) is 11.5. The van der Waals surface area contributed by atoms with Gasteiger partial charge in [0.05, 0.1) is 11.7 Å². The van der Waals surface area contributed by atoms with E-state index in [9.17, 15) is 9.59 Å². The first kappa shape index (κ1) is 20.6. The summed E-state index contributed by atoms with van der Waals surface area (Å²) in [5.74, 6) is 0.535. The number of nitrogens with one attached hydrogen (secondary N) is 1. The molecule has 1 fully saturated rings. The highest BCUT2D eigenvalue weighted by molar-refractivity contribution is 6.26. The third-order valence-corrected chi connectivity index (χ3v) is 6.87. The van der Waals surface area contributed by atoms with Gasteiger partial charge in [0.2, 0.25) is 5.91 Å². The molecule has 5 heteroatoms. The molecule has 3 aromatic carbocycles. The number of anilines is 2. The zero-order valence-electron chi connectivity index (χ0n) is 18.7. The molecular formula is C27H29N3O2. The minimum absolute atomic E-state index is 0.0149. The fourth-order valence-corrected chi connectivity index (χ4v) is 4.89. The lowest BCUT2D eigenvalue weighted by atomic mass is 9.98. The van der Waals surface area contributed by atoms with Gasteiger partial charge in [-0.15, -0.1) is 0 Å². The summed E-state index contributed by atoms with van der Waals surface area (Å²) < 4.78 is 0. The number of carbonyl (C=O) groups excluding carboxylic acids is 2. The Balaban J connectivity index is 1.24. The number of piperidine rings is 1. The first-order valence-electron chi connectivity index (χ1n) is 11.5. The van der Waals surface area contributed by atoms with Gasteiger partial charge >= 0.3 is 0 Å². The maximum atomic E-state index is 12.9. The molecular weight excluding hydrogens is 398 g/mol. The fraction of sp³-hybridized carbons (Fsp3) is 0.333. The standard InChI is InChI=1S/C27H29N3O2/c1-18-13-15-29(16-14-18)22-11-9-20(10-12-22)19(2)28-25(31)17-30-24-8-4-6-21-5-3-7-23(26(21)24)27(30)32/h3-12,18-19H,13-17H2,1-2H3,(H,28,31). The Morgan fingerprint density at radius 2 is 1.72 bits per heavy atom. The lowest BCUT2D eigenvalue weighted by Gasteiger charge is -2.32. The topological polar surface area (TPSA) is 52.7 Å². The zero-order chi connectivity index (χ0) is 22.2. The van der Waals surface area contributed by atoms with Crippen molar-refractivity contribution in [2.75, 3.05) is 29.4 Å². The van der Waals surface area contributed by atoms with Gasteiger partial charge in [0, 0.05) is 29.7 Å². The van der Waals surface area contributed by atoms with Gasteiger partial charge in [-0.1, -0.05) is 43.3 Å². The van der Waals surface area contributed by atoms with Gasteiger partial charge in [0.1, 0.15) is 6.54 Å². The number of benzene rings is 3. The van der Waals surface area contributed by atoms with Crippen LogP contribution in [0.2, 0.25) is 0 Å². The Morgan fingerprint density at radius 1 is 1.03 bits per heavy atom. The molecule has 0 radical (unpaired) electrons. The van der Waals surface area contributed by atoms with Crippen LogP contribution in [0.1, 0.15) is 48.7 Å². The van der Waals surface area contributed by atoms with E-state index < -0.39 is 0 Å². The van der Waals surface area contributed by atoms with E-state index in [0.717, 1.165) is 41.0 Å². The Kier molecular flexibility index (Phi) is 5.33. The predicted molar refractivity (Wildman–Crippen MR) is 129 cm³/mol. The van der Waals surface area contributed by atoms with Crippen molar-refractivity contribution in [3.05, 3.63) is 71.8 Å². The first-order chi connectivity index (χ1) is 15.5. The van der Waals surface area contributed by atoms with Crippen LogP contribution >= 0.6 is 0 Å². The van der Waals surface area contributed by atoms with E-state index in [1.165, 1.54) is 18.5 Å². The van der Waals surface area contributed by atoms with E-state index in [2.05, 4.69) is 41.4 Å². The number of carbonyl (C=O) groups is 2. The van der Waals surface area contributed by atoms with Crippen LogP contribution in [-0.4, -0.2) is 31.4 Å². The normalized spacial score (nSPS) is 17.1. The van der Waals surface area contributed by atoms with Crippen LogP contribution in [0.25, 0.3) is 10.8 Å². The van der Waals surface area contributed by atoms with Crippen LogP contribution < -0.4 is 15.1 Å². The van der Waals surface area contributed by atoms with Crippen LogP contribution in [0.3, 0.4) is 0 Å². The second-order valence-corrected chi connectivity index (χ2v) is 9.12. The maximum absolute atomic E-state index is 12.9. The van der Waals surface area contributed by atoms with Gasteiger partial charge in [-0.2, -0.15) is 0 Å². The lowest BCUT2D eigenvalue weighted by Crippen LogP contribution is -2.39. The van der Waals surface area contributed by atoms with E-state index in [1.807, 2.05) is 43.3 Å². The lowest BCUT2D eigenvalue weighted by molar-refractivity contribution is -0.120. The molecule has 32 heavy (non-hydrogen) atoms. The molecule has 0 spiro atoms. The number of hydrogen-bond donors (Lipinski definition) is 1. The van der Waals surface area contributed by atoms with Gasteiger partial charge in [0.25, 0.3) is 5.91 Å². The molecule has 2 aliphatic heterocycles. The highest BCUT2D eigenvalue weighted by Gasteiger charge is 2.31. The Morgan fingerprint density at radius 3 is 2.44 bits per heavy atom. The van der Waals surface area contributed by atoms with E-state index >= 15 is 0 Å². The third-order valence-electron chi connectivity index (χ3n) is 6.87. The molecule has 2 amide bonds. The highest BCUT2D eigenvalue weighted by atomic mass is 16.2. The molecule has 3 aromatic rings. The fourth-order valence-electron chi connectivity index (χ4n) is 4.89. The summed E-state index contributed by atoms with van der Waals surface area (Å²) in [6.45, 7) is 6.52. The quantitative estimate of drug-likeness (QED) is 0.629. The molecule has 2 heterocycles. The van der Waals surface area contributed by atoms with Crippen molar-refractivity contribution in [2.45, 2.75) is 32.7 Å². The number of rotatable bonds is 5. The summed E-state index contributed by atoms with van der Waals surface area (Å²) in [5, 5.41) is 5.02. The van der Waals surface area contributed by atoms with Crippen LogP contribution in [0, 0.1) is 5.92 Å². The molecule has 1 saturated heterocycles. The van der Waals surface area contributed by atoms with E-state index in [4.69, 9.17) is 0 Å². The average Bonchev–Trinajstić information content (AvgIpc) is 3.07. The molecule has 0 saturated carbocycles. The van der Waals surface area contributed by atoms with Crippen molar-refractivity contribution in [2.24, 2.45) is 5.92 Å². The number of hydrogen-bond acceptors (Lipinski definition) is 3. The van der Waals surface area contributed by atoms with E-state index in [0.29, 0.717) is 5.56 Å². The zero-order valence-corrected chi connectivity index (χ0v) is 18.7. The largest absolute Gasteiger partial charge is 0.372 e. The van der Waals surface area contributed by atoms with Gasteiger partial charge in [0.15, 0.2) is 0 Å². The Labute approximate surface area is 189 Å². The van der Waals surface area contributed by atoms with Crippen LogP contribution in [0.15, 0.2) is 60.7 Å². The summed E-state index contributed by atoms with van der Waals surface area (Å²) in [6, 6.07) is 19.9. The van der Waals surface area contributed by atoms with Crippen LogP contribution in [0.5, 0.6) is 0 Å². The van der Waals surface area contributed by atoms with Crippen molar-refractivity contribution in [1.82, 2.24) is 5.32 Å². The number of amides is 2. The van der Waals surface area contributed by atoms with Crippen molar-refractivity contribution < 1.29 is 9.59 Å². The monoisotopic (exact) mass is 427 g/mol. The van der Waals surface area contributed by atoms with Gasteiger partial charge in [-0.05, 0) is 60.9 Å². The second-order valence-electron chi connectivity index (χ2n) is 9.12. The van der Waals surface area contributed by atoms with E-state index in [-0.39, 0.29) is 24.4 Å². The van der Waals surface area contributed by atoms with Gasteiger partial charge in [-0.25, -0.2) is 0 Å². The molecule has 0 aromatic heterocycles. The average molecular weight is 428 g/mol. The van der Waals surface area contributed by atoms with Crippen molar-refractivity contribution in [3.63, 3.8) is 0 Å². The SMILES string of the molecule is CC1CCN(c2ccc(C(C)NC(=O)CN3C(=O)c4cccc5cccc3c45)cc2)CC1. The molecule has 164 valence electrons. The molecule has 0 aliphatic carbocycles. The molecule has 5 nitrogen and oxygen atoms in total. The molecule has 1 N–H and O–H groups in total. The number of nitrogens with zero attached hydrogens (tertiary/aromatic N) is 2. The molecule has 1 atom stereocenters. The minimum Gasteiger partial charge on any atom is -0.372 e. The summed E-state index contributed by atoms with van der Waals surface area (Å²) in [7, 11) is 0. The smallest absolute Gasteiger partial charge is 0.259 e. The molecule has 0 bridgehead atoms. The van der Waals surface area contributed by atoms with Gasteiger partial charge in [-0.3, -0.25) is 14.5 Å². The summed E-state index contributed by atoms with van der Waals surface area (Å²) in [5.41, 5.74) is 3.78. The van der Waals surface area contributed by atoms with Crippen molar-refractivity contribution in [1.29, 1.82) is 0 Å². The Hall–Kier alpha value is -3.34. The van der Waals surface area contributed by atoms with Crippen molar-refractivity contribution in [3.8, 4) is 0 Å². The van der Waals surface area contributed by atoms with Crippen LogP contribution in [-0.2, 0) is 4.79 Å². The molecule has 5 rings (SSSR count). The van der Waals surface area contributed by atoms with Crippen molar-refractivity contribution >= 4 is 34.0 Å². The predicted octanol–water partition coefficient (Wildman–Crippen LogP) is 4.91. The summed E-state index contributed by atoms with van der Waals surface area (Å²) in [4.78, 5) is 29.8. The second kappa shape index (κ2) is 8.30. The summed E-state index contributed by atoms with van der Waals surface area (Å²) in [6.07, 6.45) is 2.47. The third kappa shape index (κ3) is 3.72. The molecule has 2 aliphatic rings. The molecule has 1 unspecified atom stereocenters. The maximum Gasteiger partial charge on any atom is 0.259 e. The van der Waals surface area contributed by atoms with Crippen LogP contribution in [0.4, 0.5) is 11.4 Å². The Bertz CT molecular complexity index is 1160. The van der Waals surface area contributed by atoms with Gasteiger partial charge < -0.3 is 10.2 Å². The minimum atomic E-state index is -0.162. The highest BCUT2D eigenvalue weighted by Crippen LogP contribution is 2.37. The van der Waals surface area contributed by atoms with E-state index in [1.54, 1.807) is 4.90 Å².